The number of urea groups is 1. The Morgan fingerprint density at radius 1 is 1.02 bits per heavy atom. The fraction of sp³-hybridized carbons (Fsp3) is 0.375. The molecule has 0 radical (unpaired) electrons. The molecule has 3 aromatic rings. The Bertz CT molecular complexity index is 1440. The summed E-state index contributed by atoms with van der Waals surface area (Å²) in [6.45, 7) is 2.77. The molecule has 2 aliphatic rings. The highest BCUT2D eigenvalue weighted by Gasteiger charge is 2.32. The Morgan fingerprint density at radius 3 is 2.70 bits per heavy atom. The van der Waals surface area contributed by atoms with Crippen molar-refractivity contribution in [1.82, 2.24) is 20.9 Å². The zero-order chi connectivity index (χ0) is 30.9. The van der Waals surface area contributed by atoms with Gasteiger partial charge in [-0.15, -0.1) is 0 Å². The predicted molar refractivity (Wildman–Crippen MR) is 163 cm³/mol. The van der Waals surface area contributed by atoms with Gasteiger partial charge in [-0.05, 0) is 48.4 Å². The number of fused-ring (bicyclic) bond motifs is 5. The van der Waals surface area contributed by atoms with Crippen LogP contribution in [0.3, 0.4) is 0 Å². The SMILES string of the molecule is COCCOc1cc2cc(c1)C(=O)NCCNC(=O)N[C@H]1CCN(Cc3c(F)cccc3Cl)C[C@@H]1OCc1cccc(c1)O2. The van der Waals surface area contributed by atoms with Crippen molar-refractivity contribution in [3.63, 3.8) is 0 Å². The Kier molecular flexibility index (Phi) is 10.9. The maximum Gasteiger partial charge on any atom is 0.315 e. The van der Waals surface area contributed by atoms with Gasteiger partial charge in [-0.2, -0.15) is 0 Å². The molecule has 0 aromatic heterocycles. The molecular weight excluding hydrogens is 591 g/mol. The van der Waals surface area contributed by atoms with Crippen molar-refractivity contribution in [1.29, 1.82) is 0 Å². The number of nitrogens with zero attached hydrogens (tertiary/aromatic N) is 1. The number of halogens is 2. The number of amides is 3. The standard InChI is InChI=1S/C32H36ClFN4O6/c1-41-12-13-42-24-15-22-16-25(17-24)44-23-5-2-4-21(14-23)20-43-30-19-38(18-26-27(33)6-3-7-28(26)34)11-8-29(30)37-32(40)36-10-9-35-31(22)39/h2-7,14-17,29-30H,8-13,18-20H2,1H3,(H,35,39)(H2,36,37,40)/t29-,30-/m0/s1. The molecule has 234 valence electrons. The first-order valence-electron chi connectivity index (χ1n) is 14.5. The minimum Gasteiger partial charge on any atom is -0.491 e. The molecule has 4 bridgehead atoms. The number of hydrogen-bond acceptors (Lipinski definition) is 7. The Labute approximate surface area is 260 Å². The number of carbonyl (C=O) groups excluding carboxylic acids is 2. The number of benzene rings is 3. The summed E-state index contributed by atoms with van der Waals surface area (Å²) in [5, 5.41) is 9.01. The van der Waals surface area contributed by atoms with Crippen LogP contribution in [-0.4, -0.2) is 75.5 Å². The van der Waals surface area contributed by atoms with Crippen LogP contribution >= 0.6 is 11.6 Å². The van der Waals surface area contributed by atoms with E-state index in [-0.39, 0.29) is 49.6 Å². The van der Waals surface area contributed by atoms with Crippen molar-refractivity contribution in [2.75, 3.05) is 46.5 Å². The van der Waals surface area contributed by atoms with E-state index >= 15 is 0 Å². The number of methoxy groups -OCH3 is 1. The summed E-state index contributed by atoms with van der Waals surface area (Å²) in [5.74, 6) is 0.754. The lowest BCUT2D eigenvalue weighted by atomic mass is 10.0. The van der Waals surface area contributed by atoms with Crippen LogP contribution in [0, 0.1) is 5.82 Å². The fourth-order valence-electron chi connectivity index (χ4n) is 5.16. The summed E-state index contributed by atoms with van der Waals surface area (Å²) in [7, 11) is 1.58. The van der Waals surface area contributed by atoms with Crippen LogP contribution in [0.1, 0.15) is 27.9 Å². The third kappa shape index (κ3) is 8.60. The molecule has 5 rings (SSSR count). The molecule has 1 saturated heterocycles. The van der Waals surface area contributed by atoms with Crippen LogP contribution in [0.25, 0.3) is 0 Å². The van der Waals surface area contributed by atoms with Crippen LogP contribution in [-0.2, 0) is 22.6 Å². The Balaban J connectivity index is 1.36. The summed E-state index contributed by atoms with van der Waals surface area (Å²) in [5.41, 5.74) is 1.64. The molecule has 2 aliphatic heterocycles. The van der Waals surface area contributed by atoms with Gasteiger partial charge in [0.2, 0.25) is 0 Å². The highest BCUT2D eigenvalue weighted by molar-refractivity contribution is 6.31. The van der Waals surface area contributed by atoms with Gasteiger partial charge in [-0.25, -0.2) is 9.18 Å². The smallest absolute Gasteiger partial charge is 0.315 e. The predicted octanol–water partition coefficient (Wildman–Crippen LogP) is 4.50. The minimum atomic E-state index is -0.383. The second-order valence-corrected chi connectivity index (χ2v) is 11.0. The molecule has 3 aromatic carbocycles. The average molecular weight is 627 g/mol. The maximum absolute atomic E-state index is 14.5. The van der Waals surface area contributed by atoms with E-state index in [1.54, 1.807) is 37.4 Å². The van der Waals surface area contributed by atoms with E-state index in [0.717, 1.165) is 5.56 Å². The molecule has 0 spiro atoms. The van der Waals surface area contributed by atoms with Crippen molar-refractivity contribution in [2.45, 2.75) is 31.7 Å². The molecule has 44 heavy (non-hydrogen) atoms. The van der Waals surface area contributed by atoms with Gasteiger partial charge in [-0.1, -0.05) is 29.8 Å². The maximum atomic E-state index is 14.5. The molecular formula is C32H36ClFN4O6. The molecule has 3 N–H and O–H groups in total. The molecule has 2 atom stereocenters. The van der Waals surface area contributed by atoms with E-state index < -0.39 is 0 Å². The van der Waals surface area contributed by atoms with Gasteiger partial charge in [0.15, 0.2) is 0 Å². The van der Waals surface area contributed by atoms with Crippen molar-refractivity contribution >= 4 is 23.5 Å². The Morgan fingerprint density at radius 2 is 1.86 bits per heavy atom. The summed E-state index contributed by atoms with van der Waals surface area (Å²) in [4.78, 5) is 27.9. The third-order valence-electron chi connectivity index (χ3n) is 7.40. The van der Waals surface area contributed by atoms with Gasteiger partial charge in [0, 0.05) is 62.0 Å². The normalized spacial score (nSPS) is 19.7. The summed E-state index contributed by atoms with van der Waals surface area (Å²) >= 11 is 6.29. The van der Waals surface area contributed by atoms with Crippen molar-refractivity contribution in [3.05, 3.63) is 88.2 Å². The fourth-order valence-corrected chi connectivity index (χ4v) is 5.39. The number of rotatable bonds is 6. The molecule has 0 saturated carbocycles. The number of likely N-dealkylation sites (tertiary alicyclic amines) is 1. The topological polar surface area (TPSA) is 110 Å². The lowest BCUT2D eigenvalue weighted by molar-refractivity contribution is -0.0305. The van der Waals surface area contributed by atoms with Crippen LogP contribution < -0.4 is 25.4 Å². The molecule has 1 fully saturated rings. The van der Waals surface area contributed by atoms with E-state index in [2.05, 4.69) is 20.9 Å². The zero-order valence-electron chi connectivity index (χ0n) is 24.4. The van der Waals surface area contributed by atoms with Crippen molar-refractivity contribution in [2.24, 2.45) is 0 Å². The number of hydrogen-bond donors (Lipinski definition) is 3. The van der Waals surface area contributed by atoms with Crippen LogP contribution in [0.4, 0.5) is 9.18 Å². The lowest BCUT2D eigenvalue weighted by Crippen LogP contribution is -2.56. The van der Waals surface area contributed by atoms with Gasteiger partial charge in [0.25, 0.3) is 5.91 Å². The quantitative estimate of drug-likeness (QED) is 0.346. The number of nitrogens with one attached hydrogen (secondary N) is 3. The number of piperidine rings is 1. The second kappa shape index (κ2) is 15.2. The lowest BCUT2D eigenvalue weighted by Gasteiger charge is -2.39. The largest absolute Gasteiger partial charge is 0.491 e. The third-order valence-corrected chi connectivity index (χ3v) is 7.75. The van der Waals surface area contributed by atoms with Gasteiger partial charge in [0.1, 0.15) is 29.7 Å². The monoisotopic (exact) mass is 626 g/mol. The highest BCUT2D eigenvalue weighted by atomic mass is 35.5. The van der Waals surface area contributed by atoms with E-state index in [1.807, 2.05) is 24.3 Å². The molecule has 2 heterocycles. The first kappa shape index (κ1) is 31.5. The summed E-state index contributed by atoms with van der Waals surface area (Å²) in [6, 6.07) is 16.4. The van der Waals surface area contributed by atoms with Gasteiger partial charge in [0.05, 0.1) is 25.4 Å². The molecule has 3 amide bonds. The number of carbonyl (C=O) groups is 2. The first-order chi connectivity index (χ1) is 21.4. The van der Waals surface area contributed by atoms with E-state index in [1.165, 1.54) is 6.07 Å². The van der Waals surface area contributed by atoms with E-state index in [0.29, 0.717) is 72.7 Å². The van der Waals surface area contributed by atoms with Crippen molar-refractivity contribution in [3.8, 4) is 17.2 Å². The molecule has 0 aliphatic carbocycles. The molecule has 12 heteroatoms. The average Bonchev–Trinajstić information content (AvgIpc) is 3.01. The highest BCUT2D eigenvalue weighted by Crippen LogP contribution is 2.29. The van der Waals surface area contributed by atoms with E-state index in [4.69, 9.17) is 30.5 Å². The number of ether oxygens (including phenoxy) is 4. The van der Waals surface area contributed by atoms with Crippen LogP contribution in [0.2, 0.25) is 5.02 Å². The molecule has 10 nitrogen and oxygen atoms in total. The van der Waals surface area contributed by atoms with Crippen LogP contribution in [0.5, 0.6) is 17.2 Å². The second-order valence-electron chi connectivity index (χ2n) is 10.6. The summed E-state index contributed by atoms with van der Waals surface area (Å²) in [6.07, 6.45) is 0.208. The van der Waals surface area contributed by atoms with Crippen molar-refractivity contribution < 1.29 is 32.9 Å². The zero-order valence-corrected chi connectivity index (χ0v) is 25.2. The van der Waals surface area contributed by atoms with Gasteiger partial charge in [-0.3, -0.25) is 9.69 Å². The molecule has 0 unspecified atom stereocenters. The Hall–Kier alpha value is -3.90. The van der Waals surface area contributed by atoms with Gasteiger partial charge < -0.3 is 34.9 Å². The van der Waals surface area contributed by atoms with E-state index in [9.17, 15) is 14.0 Å². The van der Waals surface area contributed by atoms with Crippen LogP contribution in [0.15, 0.2) is 60.7 Å². The van der Waals surface area contributed by atoms with Gasteiger partial charge >= 0.3 is 6.03 Å². The first-order valence-corrected chi connectivity index (χ1v) is 14.9. The minimum absolute atomic E-state index is 0.209. The summed E-state index contributed by atoms with van der Waals surface area (Å²) < 4.78 is 37.9.